The lowest BCUT2D eigenvalue weighted by atomic mass is 10.2. The van der Waals surface area contributed by atoms with Crippen LogP contribution in [-0.2, 0) is 17.1 Å². The molecule has 0 radical (unpaired) electrons. The van der Waals surface area contributed by atoms with Crippen molar-refractivity contribution in [1.29, 1.82) is 0 Å². The van der Waals surface area contributed by atoms with Gasteiger partial charge in [0.2, 0.25) is 5.91 Å². The van der Waals surface area contributed by atoms with Gasteiger partial charge in [-0.3, -0.25) is 4.79 Å². The van der Waals surface area contributed by atoms with Crippen LogP contribution in [0.25, 0.3) is 0 Å². The van der Waals surface area contributed by atoms with Gasteiger partial charge in [-0.25, -0.2) is 9.97 Å². The molecule has 0 aliphatic carbocycles. The van der Waals surface area contributed by atoms with E-state index in [0.29, 0.717) is 39.1 Å². The molecular weight excluding hydrogens is 468 g/mol. The van der Waals surface area contributed by atoms with Gasteiger partial charge in [-0.1, -0.05) is 35.1 Å². The second-order valence-corrected chi connectivity index (χ2v) is 9.30. The second-order valence-electron chi connectivity index (χ2n) is 7.00. The molecule has 11 heteroatoms. The van der Waals surface area contributed by atoms with Crippen molar-refractivity contribution in [3.05, 3.63) is 46.0 Å². The summed E-state index contributed by atoms with van der Waals surface area (Å²) in [6.07, 6.45) is 0. The number of nitrogens with one attached hydrogen (secondary N) is 1. The van der Waals surface area contributed by atoms with Crippen LogP contribution in [0.5, 0.6) is 5.75 Å². The summed E-state index contributed by atoms with van der Waals surface area (Å²) >= 11 is 8.99. The van der Waals surface area contributed by atoms with E-state index >= 15 is 0 Å². The monoisotopic (exact) mass is 492 g/mol. The van der Waals surface area contributed by atoms with Gasteiger partial charge in [-0.2, -0.15) is 0 Å². The first-order valence-electron chi connectivity index (χ1n) is 9.94. The third-order valence-electron chi connectivity index (χ3n) is 4.49. The highest BCUT2D eigenvalue weighted by Crippen LogP contribution is 2.31. The van der Waals surface area contributed by atoms with Gasteiger partial charge in [-0.05, 0) is 45.4 Å². The maximum atomic E-state index is 12.5. The molecule has 0 unspecified atom stereocenters. The Morgan fingerprint density at radius 1 is 1.12 bits per heavy atom. The van der Waals surface area contributed by atoms with Crippen molar-refractivity contribution in [2.75, 3.05) is 18.2 Å². The Bertz CT molecular complexity index is 1100. The molecule has 0 saturated carbocycles. The highest BCUT2D eigenvalue weighted by molar-refractivity contribution is 7.99. The van der Waals surface area contributed by atoms with Crippen LogP contribution in [0.3, 0.4) is 0 Å². The minimum atomic E-state index is -0.166. The molecule has 0 bridgehead atoms. The molecule has 0 aliphatic heterocycles. The average molecular weight is 493 g/mol. The zero-order valence-electron chi connectivity index (χ0n) is 18.6. The molecule has 0 aliphatic rings. The fourth-order valence-electron chi connectivity index (χ4n) is 2.98. The molecule has 8 nitrogen and oxygen atoms in total. The summed E-state index contributed by atoms with van der Waals surface area (Å²) in [6, 6.07) is 5.43. The maximum absolute atomic E-state index is 12.5. The number of aryl methyl sites for hydroxylation is 3. The summed E-state index contributed by atoms with van der Waals surface area (Å²) in [5.41, 5.74) is 3.32. The third-order valence-corrected chi connectivity index (χ3v) is 6.71. The minimum absolute atomic E-state index is 0.166. The van der Waals surface area contributed by atoms with Gasteiger partial charge >= 0.3 is 0 Å². The fraction of sp³-hybridized carbons (Fsp3) is 0.381. The molecule has 0 spiro atoms. The summed E-state index contributed by atoms with van der Waals surface area (Å²) in [5.74, 6) is 1.95. The van der Waals surface area contributed by atoms with E-state index in [-0.39, 0.29) is 11.7 Å². The first kappa shape index (κ1) is 24.3. The van der Waals surface area contributed by atoms with Crippen LogP contribution in [0.1, 0.15) is 29.7 Å². The largest absolute Gasteiger partial charge is 0.495 e. The van der Waals surface area contributed by atoms with Crippen LogP contribution >= 0.6 is 35.1 Å². The van der Waals surface area contributed by atoms with E-state index in [9.17, 15) is 4.79 Å². The Labute approximate surface area is 200 Å². The molecular formula is C21H25ClN6O2S2. The number of hydrogen-bond acceptors (Lipinski definition) is 8. The van der Waals surface area contributed by atoms with Gasteiger partial charge in [0.05, 0.1) is 24.3 Å². The van der Waals surface area contributed by atoms with Crippen LogP contribution < -0.4 is 10.1 Å². The van der Waals surface area contributed by atoms with E-state index in [2.05, 4.69) is 25.5 Å². The van der Waals surface area contributed by atoms with Crippen molar-refractivity contribution in [1.82, 2.24) is 24.7 Å². The predicted octanol–water partition coefficient (Wildman–Crippen LogP) is 4.70. The normalized spacial score (nSPS) is 10.9. The third kappa shape index (κ3) is 6.14. The van der Waals surface area contributed by atoms with Crippen molar-refractivity contribution >= 4 is 46.7 Å². The van der Waals surface area contributed by atoms with Crippen molar-refractivity contribution in [3.8, 4) is 5.75 Å². The molecule has 1 amide bonds. The first-order chi connectivity index (χ1) is 15.3. The van der Waals surface area contributed by atoms with Crippen molar-refractivity contribution in [2.45, 2.75) is 50.3 Å². The van der Waals surface area contributed by atoms with Crippen LogP contribution in [-0.4, -0.2) is 43.5 Å². The van der Waals surface area contributed by atoms with Crippen LogP contribution in [0.2, 0.25) is 5.02 Å². The number of anilines is 1. The molecule has 2 heterocycles. The standard InChI is InChI=1S/C21H25ClN6O2S2/c1-6-28-18(10-31-20-23-13(3)8-14(4)24-20)26-27-21(28)32-11-19(29)25-16-7-12(2)15(22)9-17(16)30-5/h7-9H,6,10-11H2,1-5H3,(H,25,29). The highest BCUT2D eigenvalue weighted by atomic mass is 35.5. The molecule has 0 saturated heterocycles. The van der Waals surface area contributed by atoms with Crippen LogP contribution in [0, 0.1) is 20.8 Å². The first-order valence-corrected chi connectivity index (χ1v) is 12.3. The van der Waals surface area contributed by atoms with E-state index in [0.717, 1.165) is 22.8 Å². The van der Waals surface area contributed by atoms with Crippen LogP contribution in [0.4, 0.5) is 5.69 Å². The number of methoxy groups -OCH3 is 1. The molecule has 3 rings (SSSR count). The van der Waals surface area contributed by atoms with Gasteiger partial charge in [0.1, 0.15) is 11.6 Å². The minimum Gasteiger partial charge on any atom is -0.495 e. The molecule has 1 N–H and O–H groups in total. The Morgan fingerprint density at radius 2 is 1.84 bits per heavy atom. The van der Waals surface area contributed by atoms with Crippen LogP contribution in [0.15, 0.2) is 28.5 Å². The smallest absolute Gasteiger partial charge is 0.234 e. The predicted molar refractivity (Wildman–Crippen MR) is 129 cm³/mol. The number of carbonyl (C=O) groups excluding carboxylic acids is 1. The molecule has 32 heavy (non-hydrogen) atoms. The van der Waals surface area contributed by atoms with Crippen molar-refractivity contribution in [2.24, 2.45) is 0 Å². The number of aromatic nitrogens is 5. The summed E-state index contributed by atoms with van der Waals surface area (Å²) in [4.78, 5) is 21.4. The van der Waals surface area contributed by atoms with E-state index in [1.54, 1.807) is 12.1 Å². The second kappa shape index (κ2) is 11.0. The molecule has 0 atom stereocenters. The summed E-state index contributed by atoms with van der Waals surface area (Å²) in [5, 5.41) is 13.5. The lowest BCUT2D eigenvalue weighted by Crippen LogP contribution is -2.15. The molecule has 3 aromatic rings. The number of benzene rings is 1. The van der Waals surface area contributed by atoms with E-state index < -0.39 is 0 Å². The lowest BCUT2D eigenvalue weighted by Gasteiger charge is -2.12. The van der Waals surface area contributed by atoms with Gasteiger partial charge in [0, 0.05) is 29.0 Å². The Hall–Kier alpha value is -2.30. The van der Waals surface area contributed by atoms with E-state index in [1.165, 1.54) is 30.6 Å². The fourth-order valence-corrected chi connectivity index (χ4v) is 4.85. The molecule has 1 aromatic carbocycles. The van der Waals surface area contributed by atoms with Gasteiger partial charge < -0.3 is 14.6 Å². The van der Waals surface area contributed by atoms with Gasteiger partial charge in [0.15, 0.2) is 10.3 Å². The number of amides is 1. The molecule has 0 fully saturated rings. The van der Waals surface area contributed by atoms with Gasteiger partial charge in [0.25, 0.3) is 0 Å². The SMILES string of the molecule is CCn1c(CSc2nc(C)cc(C)n2)nnc1SCC(=O)Nc1cc(C)c(Cl)cc1OC. The zero-order chi connectivity index (χ0) is 23.3. The number of nitrogens with zero attached hydrogens (tertiary/aromatic N) is 5. The zero-order valence-corrected chi connectivity index (χ0v) is 21.0. The maximum Gasteiger partial charge on any atom is 0.234 e. The number of halogens is 1. The van der Waals surface area contributed by atoms with E-state index in [1.807, 2.05) is 38.3 Å². The lowest BCUT2D eigenvalue weighted by molar-refractivity contribution is -0.113. The summed E-state index contributed by atoms with van der Waals surface area (Å²) in [7, 11) is 1.54. The Morgan fingerprint density at radius 3 is 2.50 bits per heavy atom. The number of thioether (sulfide) groups is 2. The average Bonchev–Trinajstić information content (AvgIpc) is 3.14. The number of rotatable bonds is 9. The Balaban J connectivity index is 1.62. The van der Waals surface area contributed by atoms with E-state index in [4.69, 9.17) is 16.3 Å². The summed E-state index contributed by atoms with van der Waals surface area (Å²) in [6.45, 7) is 8.50. The quantitative estimate of drug-likeness (QED) is 0.339. The molecule has 170 valence electrons. The Kier molecular flexibility index (Phi) is 8.38. The van der Waals surface area contributed by atoms with Crippen molar-refractivity contribution < 1.29 is 9.53 Å². The topological polar surface area (TPSA) is 94.8 Å². The number of carbonyl (C=O) groups is 1. The number of ether oxygens (including phenoxy) is 1. The van der Waals surface area contributed by atoms with Crippen molar-refractivity contribution in [3.63, 3.8) is 0 Å². The summed E-state index contributed by atoms with van der Waals surface area (Å²) < 4.78 is 7.32. The molecule has 2 aromatic heterocycles. The number of hydrogen-bond donors (Lipinski definition) is 1. The highest BCUT2D eigenvalue weighted by Gasteiger charge is 2.16. The van der Waals surface area contributed by atoms with Gasteiger partial charge in [-0.15, -0.1) is 10.2 Å².